The van der Waals surface area contributed by atoms with Crippen molar-refractivity contribution in [3.8, 4) is 11.5 Å². The topological polar surface area (TPSA) is 99.8 Å². The molecule has 3 rings (SSSR count). The lowest BCUT2D eigenvalue weighted by Gasteiger charge is -2.10. The van der Waals surface area contributed by atoms with E-state index in [1.54, 1.807) is 24.3 Å². The Morgan fingerprint density at radius 1 is 0.938 bits per heavy atom. The average Bonchev–Trinajstić information content (AvgIpc) is 2.83. The molecule has 0 amide bonds. The van der Waals surface area contributed by atoms with Crippen molar-refractivity contribution in [3.05, 3.63) is 95.3 Å². The monoisotopic (exact) mass is 439 g/mol. The molecule has 7 heteroatoms. The van der Waals surface area contributed by atoms with Gasteiger partial charge in [-0.2, -0.15) is 0 Å². The van der Waals surface area contributed by atoms with E-state index in [-0.39, 0.29) is 26.1 Å². The number of carboxylic acid groups (broad SMARTS) is 1. The van der Waals surface area contributed by atoms with Gasteiger partial charge in [0.05, 0.1) is 5.71 Å². The molecule has 0 aliphatic rings. The average molecular weight is 439 g/mol. The Kier molecular flexibility index (Phi) is 9.87. The van der Waals surface area contributed by atoms with Gasteiger partial charge in [0.15, 0.2) is 0 Å². The van der Waals surface area contributed by atoms with Gasteiger partial charge in [0.25, 0.3) is 0 Å². The number of halogens is 1. The second-order valence-electron chi connectivity index (χ2n) is 6.71. The van der Waals surface area contributed by atoms with Crippen LogP contribution >= 0.6 is 0 Å². The molecule has 0 fully saturated rings. The highest BCUT2D eigenvalue weighted by Crippen LogP contribution is 2.20. The smallest absolute Gasteiger partial charge is 0.303 e. The molecule has 3 aromatic rings. The molecular weight excluding hydrogens is 413 g/mol. The molecular formula is C25H26FNO5. The molecule has 0 bridgehead atoms. The van der Waals surface area contributed by atoms with Gasteiger partial charge in [-0.25, -0.2) is 4.39 Å². The SMILES string of the molecule is CO.N=C(COc1ccc(COc2ccc(CCC(=O)O)c(F)c2)cc1)c1ccccc1. The number of nitrogens with one attached hydrogen (secondary N) is 1. The van der Waals surface area contributed by atoms with E-state index in [0.717, 1.165) is 18.2 Å². The number of carbonyl (C=O) groups is 1. The molecule has 6 nitrogen and oxygen atoms in total. The van der Waals surface area contributed by atoms with E-state index in [0.29, 0.717) is 22.8 Å². The van der Waals surface area contributed by atoms with Crippen molar-refractivity contribution in [1.29, 1.82) is 5.41 Å². The normalized spacial score (nSPS) is 9.97. The van der Waals surface area contributed by atoms with Gasteiger partial charge in [0.2, 0.25) is 0 Å². The Balaban J connectivity index is 0.00000176. The summed E-state index contributed by atoms with van der Waals surface area (Å²) in [6.07, 6.45) is 0.0288. The number of carboxylic acids is 1. The zero-order valence-corrected chi connectivity index (χ0v) is 17.8. The quantitative estimate of drug-likeness (QED) is 0.405. The maximum atomic E-state index is 14.0. The van der Waals surface area contributed by atoms with Gasteiger partial charge in [0.1, 0.15) is 30.5 Å². The van der Waals surface area contributed by atoms with Crippen molar-refractivity contribution in [2.24, 2.45) is 0 Å². The summed E-state index contributed by atoms with van der Waals surface area (Å²) in [5.41, 5.74) is 2.46. The highest BCUT2D eigenvalue weighted by Gasteiger charge is 2.07. The minimum atomic E-state index is -0.959. The van der Waals surface area contributed by atoms with Crippen LogP contribution in [0, 0.1) is 11.2 Å². The van der Waals surface area contributed by atoms with Gasteiger partial charge in [-0.3, -0.25) is 4.79 Å². The predicted octanol–water partition coefficient (Wildman–Crippen LogP) is 4.48. The second kappa shape index (κ2) is 12.9. The van der Waals surface area contributed by atoms with Crippen LogP contribution in [-0.2, 0) is 17.8 Å². The summed E-state index contributed by atoms with van der Waals surface area (Å²) >= 11 is 0. The minimum Gasteiger partial charge on any atom is -0.489 e. The van der Waals surface area contributed by atoms with Gasteiger partial charge in [-0.05, 0) is 41.3 Å². The molecule has 0 saturated carbocycles. The van der Waals surface area contributed by atoms with Crippen molar-refractivity contribution in [3.63, 3.8) is 0 Å². The number of hydrogen-bond donors (Lipinski definition) is 3. The zero-order valence-electron chi connectivity index (χ0n) is 17.8. The number of rotatable bonds is 10. The lowest BCUT2D eigenvalue weighted by molar-refractivity contribution is -0.136. The van der Waals surface area contributed by atoms with Gasteiger partial charge < -0.3 is 25.1 Å². The van der Waals surface area contributed by atoms with E-state index in [4.69, 9.17) is 25.1 Å². The molecule has 0 saturated heterocycles. The summed E-state index contributed by atoms with van der Waals surface area (Å²) in [5, 5.41) is 23.8. The number of hydrogen-bond acceptors (Lipinski definition) is 5. The van der Waals surface area contributed by atoms with Crippen LogP contribution in [0.1, 0.15) is 23.1 Å². The number of aliphatic hydroxyl groups is 1. The Morgan fingerprint density at radius 3 is 2.22 bits per heavy atom. The van der Waals surface area contributed by atoms with E-state index in [2.05, 4.69) is 0 Å². The van der Waals surface area contributed by atoms with Crippen molar-refractivity contribution in [2.45, 2.75) is 19.4 Å². The molecule has 0 aromatic heterocycles. The van der Waals surface area contributed by atoms with Crippen LogP contribution in [-0.4, -0.2) is 35.6 Å². The van der Waals surface area contributed by atoms with E-state index in [1.165, 1.54) is 6.07 Å². The number of benzene rings is 3. The molecule has 0 aliphatic heterocycles. The third-order valence-corrected chi connectivity index (χ3v) is 4.47. The zero-order chi connectivity index (χ0) is 23.3. The number of aliphatic hydroxyl groups excluding tert-OH is 1. The van der Waals surface area contributed by atoms with Gasteiger partial charge in [0, 0.05) is 19.6 Å². The first kappa shape index (κ1) is 24.6. The Bertz CT molecular complexity index is 1010. The largest absolute Gasteiger partial charge is 0.489 e. The van der Waals surface area contributed by atoms with Crippen LogP contribution in [0.4, 0.5) is 4.39 Å². The molecule has 168 valence electrons. The highest BCUT2D eigenvalue weighted by molar-refractivity contribution is 5.99. The van der Waals surface area contributed by atoms with E-state index in [1.807, 2.05) is 42.5 Å². The summed E-state index contributed by atoms with van der Waals surface area (Å²) in [6, 6.07) is 21.1. The first-order valence-corrected chi connectivity index (χ1v) is 9.93. The molecule has 0 aliphatic carbocycles. The van der Waals surface area contributed by atoms with Crippen LogP contribution in [0.25, 0.3) is 0 Å². The molecule has 3 aromatic carbocycles. The summed E-state index contributed by atoms with van der Waals surface area (Å²) in [7, 11) is 1.00. The van der Waals surface area contributed by atoms with E-state index >= 15 is 0 Å². The summed E-state index contributed by atoms with van der Waals surface area (Å²) in [5.74, 6) is -0.408. The fourth-order valence-electron chi connectivity index (χ4n) is 2.79. The molecule has 32 heavy (non-hydrogen) atoms. The second-order valence-corrected chi connectivity index (χ2v) is 6.71. The predicted molar refractivity (Wildman–Crippen MR) is 120 cm³/mol. The number of aliphatic carboxylic acids is 1. The molecule has 0 unspecified atom stereocenters. The summed E-state index contributed by atoms with van der Waals surface area (Å²) < 4.78 is 25.3. The third kappa shape index (κ3) is 7.85. The van der Waals surface area contributed by atoms with Gasteiger partial charge in [-0.15, -0.1) is 0 Å². The molecule has 0 heterocycles. The molecule has 0 radical (unpaired) electrons. The Hall–Kier alpha value is -3.71. The van der Waals surface area contributed by atoms with Crippen LogP contribution in [0.3, 0.4) is 0 Å². The highest BCUT2D eigenvalue weighted by atomic mass is 19.1. The first-order chi connectivity index (χ1) is 15.5. The lowest BCUT2D eigenvalue weighted by atomic mass is 10.1. The van der Waals surface area contributed by atoms with Crippen LogP contribution < -0.4 is 9.47 Å². The molecule has 0 atom stereocenters. The maximum Gasteiger partial charge on any atom is 0.303 e. The standard InChI is InChI=1S/C24H22FNO4.CH4O/c25-22-14-21(12-8-18(22)9-13-24(27)28)29-15-17-6-10-20(11-7-17)30-16-23(26)19-4-2-1-3-5-19;1-2/h1-8,10-12,14,26H,9,13,15-16H2,(H,27,28);2H,1H3. The van der Waals surface area contributed by atoms with Crippen LogP contribution in [0.2, 0.25) is 0 Å². The Labute approximate surface area is 186 Å². The summed E-state index contributed by atoms with van der Waals surface area (Å²) in [6.45, 7) is 0.432. The van der Waals surface area contributed by atoms with Crippen molar-refractivity contribution in [2.75, 3.05) is 13.7 Å². The maximum absolute atomic E-state index is 14.0. The van der Waals surface area contributed by atoms with Crippen molar-refractivity contribution >= 4 is 11.7 Å². The minimum absolute atomic E-state index is 0.115. The van der Waals surface area contributed by atoms with Crippen molar-refractivity contribution < 1.29 is 28.9 Å². The summed E-state index contributed by atoms with van der Waals surface area (Å²) in [4.78, 5) is 10.6. The first-order valence-electron chi connectivity index (χ1n) is 9.93. The molecule has 0 spiro atoms. The van der Waals surface area contributed by atoms with E-state index in [9.17, 15) is 9.18 Å². The fourth-order valence-corrected chi connectivity index (χ4v) is 2.79. The van der Waals surface area contributed by atoms with Crippen LogP contribution in [0.15, 0.2) is 72.8 Å². The van der Waals surface area contributed by atoms with Gasteiger partial charge >= 0.3 is 5.97 Å². The van der Waals surface area contributed by atoms with Crippen LogP contribution in [0.5, 0.6) is 11.5 Å². The van der Waals surface area contributed by atoms with Gasteiger partial charge in [-0.1, -0.05) is 48.5 Å². The lowest BCUT2D eigenvalue weighted by Crippen LogP contribution is -2.11. The number of ether oxygens (including phenoxy) is 2. The fraction of sp³-hybridized carbons (Fsp3) is 0.200. The van der Waals surface area contributed by atoms with E-state index < -0.39 is 11.8 Å². The Morgan fingerprint density at radius 2 is 1.59 bits per heavy atom. The molecule has 3 N–H and O–H groups in total. The van der Waals surface area contributed by atoms with Crippen molar-refractivity contribution in [1.82, 2.24) is 0 Å². The third-order valence-electron chi connectivity index (χ3n) is 4.47. The number of aryl methyl sites for hydroxylation is 1.